The number of aromatic carboxylic acids is 1. The van der Waals surface area contributed by atoms with Crippen LogP contribution in [0.4, 0.5) is 5.69 Å². The number of nitrogens with zero attached hydrogens (tertiary/aromatic N) is 1. The minimum atomic E-state index is -2.19. The van der Waals surface area contributed by atoms with Crippen LogP contribution in [0.25, 0.3) is 0 Å². The molecule has 98 valence electrons. The molecule has 1 aromatic carbocycles. The van der Waals surface area contributed by atoms with Crippen molar-refractivity contribution in [1.82, 2.24) is 5.32 Å². The molecule has 1 heterocycles. The number of hydrogen-bond donors (Lipinski definition) is 2. The van der Waals surface area contributed by atoms with Gasteiger partial charge in [0.15, 0.2) is 0 Å². The van der Waals surface area contributed by atoms with Gasteiger partial charge in [-0.2, -0.15) is 4.36 Å². The highest BCUT2D eigenvalue weighted by Gasteiger charge is 2.25. The maximum absolute atomic E-state index is 12.4. The largest absolute Gasteiger partial charge is 0.478 e. The molecule has 6 heteroatoms. The van der Waals surface area contributed by atoms with Gasteiger partial charge in [-0.05, 0) is 37.7 Å². The minimum absolute atomic E-state index is 0.212. The zero-order valence-electron chi connectivity index (χ0n) is 10.1. The third-order valence-corrected chi connectivity index (χ3v) is 5.38. The van der Waals surface area contributed by atoms with Gasteiger partial charge in [0.05, 0.1) is 21.0 Å². The number of nitrogens with one attached hydrogen (secondary N) is 1. The average molecular weight is 268 g/mol. The third-order valence-electron chi connectivity index (χ3n) is 3.04. The summed E-state index contributed by atoms with van der Waals surface area (Å²) in [4.78, 5) is 10.7. The molecular weight excluding hydrogens is 252 g/mol. The van der Waals surface area contributed by atoms with Crippen LogP contribution in [-0.2, 0) is 9.73 Å². The lowest BCUT2D eigenvalue weighted by atomic mass is 10.2. The van der Waals surface area contributed by atoms with Crippen molar-refractivity contribution in [3.8, 4) is 0 Å². The maximum Gasteiger partial charge on any atom is 0.335 e. The summed E-state index contributed by atoms with van der Waals surface area (Å²) in [5.74, 6) is 0.186. The molecule has 2 N–H and O–H groups in total. The minimum Gasteiger partial charge on any atom is -0.478 e. The van der Waals surface area contributed by atoms with Gasteiger partial charge in [-0.1, -0.05) is 0 Å². The van der Waals surface area contributed by atoms with E-state index < -0.39 is 15.7 Å². The summed E-state index contributed by atoms with van der Waals surface area (Å²) in [7, 11) is -0.327. The van der Waals surface area contributed by atoms with Crippen LogP contribution < -0.4 is 5.32 Å². The number of carbonyl (C=O) groups is 1. The molecular formula is C12H16N2O3S. The summed E-state index contributed by atoms with van der Waals surface area (Å²) >= 11 is 0. The van der Waals surface area contributed by atoms with E-state index in [1.54, 1.807) is 12.1 Å². The summed E-state index contributed by atoms with van der Waals surface area (Å²) in [5, 5.41) is 11.9. The molecule has 1 aliphatic rings. The smallest absolute Gasteiger partial charge is 0.335 e. The molecule has 0 bridgehead atoms. The van der Waals surface area contributed by atoms with Gasteiger partial charge in [0.1, 0.15) is 0 Å². The highest BCUT2D eigenvalue weighted by atomic mass is 32.2. The van der Waals surface area contributed by atoms with E-state index in [2.05, 4.69) is 9.68 Å². The molecule has 0 amide bonds. The maximum atomic E-state index is 12.4. The van der Waals surface area contributed by atoms with Gasteiger partial charge in [0.25, 0.3) is 0 Å². The Hall–Kier alpha value is -1.40. The fourth-order valence-corrected chi connectivity index (χ4v) is 4.43. The summed E-state index contributed by atoms with van der Waals surface area (Å²) in [6, 6.07) is 6.42. The monoisotopic (exact) mass is 268 g/mol. The zero-order valence-corrected chi connectivity index (χ0v) is 10.9. The normalized spacial score (nSPS) is 27.1. The fraction of sp³-hybridized carbons (Fsp3) is 0.417. The average Bonchev–Trinajstić information content (AvgIpc) is 2.71. The summed E-state index contributed by atoms with van der Waals surface area (Å²) in [6.07, 6.45) is 0.867. The van der Waals surface area contributed by atoms with E-state index in [-0.39, 0.29) is 11.6 Å². The molecule has 5 nitrogen and oxygen atoms in total. The van der Waals surface area contributed by atoms with Crippen molar-refractivity contribution < 1.29 is 14.1 Å². The number of rotatable bonds is 3. The molecule has 2 unspecified atom stereocenters. The Morgan fingerprint density at radius 1 is 1.44 bits per heavy atom. The molecule has 1 aromatic rings. The van der Waals surface area contributed by atoms with Crippen LogP contribution in [0, 0.1) is 0 Å². The fourth-order valence-electron chi connectivity index (χ4n) is 1.97. The third kappa shape index (κ3) is 2.88. The quantitative estimate of drug-likeness (QED) is 0.870. The zero-order chi connectivity index (χ0) is 13.2. The van der Waals surface area contributed by atoms with E-state index in [1.807, 2.05) is 7.05 Å². The highest BCUT2D eigenvalue weighted by molar-refractivity contribution is 7.94. The Morgan fingerprint density at radius 2 is 2.11 bits per heavy atom. The topological polar surface area (TPSA) is 78.8 Å². The molecule has 0 radical (unpaired) electrons. The predicted octanol–water partition coefficient (Wildman–Crippen LogP) is 1.48. The van der Waals surface area contributed by atoms with Gasteiger partial charge in [-0.3, -0.25) is 0 Å². The Bertz CT molecular complexity index is 559. The molecule has 18 heavy (non-hydrogen) atoms. The number of carboxylic acids is 1. The standard InChI is InChI=1S/C12H16N2O3S/c1-13-11-6-7-18(17,8-11)14-10-4-2-9(3-5-10)12(15)16/h2-5,11,13H,6-8H2,1H3,(H,15,16). The van der Waals surface area contributed by atoms with Crippen molar-refractivity contribution in [2.45, 2.75) is 12.5 Å². The van der Waals surface area contributed by atoms with E-state index in [4.69, 9.17) is 5.11 Å². The van der Waals surface area contributed by atoms with Crippen LogP contribution >= 0.6 is 0 Å². The van der Waals surface area contributed by atoms with Gasteiger partial charge < -0.3 is 10.4 Å². The van der Waals surface area contributed by atoms with Gasteiger partial charge in [0, 0.05) is 17.5 Å². The van der Waals surface area contributed by atoms with Crippen LogP contribution in [0.3, 0.4) is 0 Å². The van der Waals surface area contributed by atoms with E-state index in [9.17, 15) is 9.00 Å². The number of hydrogen-bond acceptors (Lipinski definition) is 4. The lowest BCUT2D eigenvalue weighted by molar-refractivity contribution is 0.0697. The first-order valence-corrected chi connectivity index (χ1v) is 7.61. The van der Waals surface area contributed by atoms with Crippen LogP contribution in [0.15, 0.2) is 28.6 Å². The molecule has 0 saturated carbocycles. The second-order valence-corrected chi connectivity index (χ2v) is 6.83. The van der Waals surface area contributed by atoms with Crippen LogP contribution in [0.2, 0.25) is 0 Å². The second kappa shape index (κ2) is 5.07. The first-order chi connectivity index (χ1) is 8.52. The molecule has 1 aliphatic heterocycles. The molecule has 2 rings (SSSR count). The predicted molar refractivity (Wildman–Crippen MR) is 70.8 cm³/mol. The molecule has 0 spiro atoms. The SMILES string of the molecule is CNC1CCS(=O)(=Nc2ccc(C(=O)O)cc2)C1. The number of benzene rings is 1. The first-order valence-electron chi connectivity index (χ1n) is 5.75. The van der Waals surface area contributed by atoms with E-state index in [0.717, 1.165) is 6.42 Å². The molecule has 0 aromatic heterocycles. The molecule has 0 aliphatic carbocycles. The Labute approximate surface area is 106 Å². The Balaban J connectivity index is 2.23. The highest BCUT2D eigenvalue weighted by Crippen LogP contribution is 2.21. The molecule has 1 fully saturated rings. The summed E-state index contributed by atoms with van der Waals surface area (Å²) in [5.41, 5.74) is 0.796. The number of carboxylic acid groups (broad SMARTS) is 1. The molecule has 1 saturated heterocycles. The first kappa shape index (κ1) is 13.0. The van der Waals surface area contributed by atoms with Crippen molar-refractivity contribution in [2.75, 3.05) is 18.6 Å². The van der Waals surface area contributed by atoms with Crippen molar-refractivity contribution in [1.29, 1.82) is 0 Å². The van der Waals surface area contributed by atoms with Gasteiger partial charge >= 0.3 is 5.97 Å². The summed E-state index contributed by atoms with van der Waals surface area (Å²) < 4.78 is 16.7. The van der Waals surface area contributed by atoms with E-state index in [1.165, 1.54) is 12.1 Å². The van der Waals surface area contributed by atoms with Crippen LogP contribution in [0.5, 0.6) is 0 Å². The van der Waals surface area contributed by atoms with Crippen molar-refractivity contribution in [2.24, 2.45) is 4.36 Å². The van der Waals surface area contributed by atoms with Crippen molar-refractivity contribution in [3.05, 3.63) is 29.8 Å². The van der Waals surface area contributed by atoms with Crippen LogP contribution in [0.1, 0.15) is 16.8 Å². The Kier molecular flexibility index (Phi) is 3.68. The molecule has 2 atom stereocenters. The van der Waals surface area contributed by atoms with Gasteiger partial charge in [-0.25, -0.2) is 9.00 Å². The van der Waals surface area contributed by atoms with Crippen LogP contribution in [-0.4, -0.2) is 39.9 Å². The summed E-state index contributed by atoms with van der Waals surface area (Å²) in [6.45, 7) is 0. The Morgan fingerprint density at radius 3 is 2.61 bits per heavy atom. The van der Waals surface area contributed by atoms with Gasteiger partial charge in [0.2, 0.25) is 0 Å². The lowest BCUT2D eigenvalue weighted by Crippen LogP contribution is -2.25. The van der Waals surface area contributed by atoms with E-state index in [0.29, 0.717) is 17.2 Å². The van der Waals surface area contributed by atoms with Gasteiger partial charge in [-0.15, -0.1) is 0 Å². The lowest BCUT2D eigenvalue weighted by Gasteiger charge is -2.05. The van der Waals surface area contributed by atoms with Crippen molar-refractivity contribution in [3.63, 3.8) is 0 Å². The second-order valence-electron chi connectivity index (χ2n) is 4.36. The van der Waals surface area contributed by atoms with E-state index >= 15 is 0 Å². The van der Waals surface area contributed by atoms with Crippen molar-refractivity contribution >= 4 is 21.4 Å².